The van der Waals surface area contributed by atoms with Gasteiger partial charge in [0.1, 0.15) is 24.9 Å². The Morgan fingerprint density at radius 1 is 1.15 bits per heavy atom. The van der Waals surface area contributed by atoms with E-state index in [1.54, 1.807) is 20.8 Å². The van der Waals surface area contributed by atoms with Crippen LogP contribution in [0.3, 0.4) is 0 Å². The maximum absolute atomic E-state index is 12.3. The average molecular weight is 377 g/mol. The zero-order chi connectivity index (χ0) is 20.3. The molecule has 0 heterocycles. The summed E-state index contributed by atoms with van der Waals surface area (Å²) in [5.74, 6) is -1.14. The minimum absolute atomic E-state index is 0.0331. The molecule has 0 saturated carbocycles. The van der Waals surface area contributed by atoms with E-state index in [0.717, 1.165) is 5.56 Å². The lowest BCUT2D eigenvalue weighted by molar-refractivity contribution is -0.157. The summed E-state index contributed by atoms with van der Waals surface area (Å²) < 4.78 is 15.3. The van der Waals surface area contributed by atoms with Gasteiger partial charge in [-0.3, -0.25) is 4.79 Å². The first-order chi connectivity index (χ1) is 12.7. The van der Waals surface area contributed by atoms with Crippen molar-refractivity contribution < 1.29 is 28.6 Å². The van der Waals surface area contributed by atoms with E-state index in [0.29, 0.717) is 0 Å². The van der Waals surface area contributed by atoms with Gasteiger partial charge in [-0.2, -0.15) is 0 Å². The van der Waals surface area contributed by atoms with Crippen LogP contribution >= 0.6 is 0 Å². The van der Waals surface area contributed by atoms with Gasteiger partial charge in [-0.25, -0.2) is 9.59 Å². The van der Waals surface area contributed by atoms with Crippen LogP contribution in [0, 0.1) is 0 Å². The molecule has 1 N–H and O–H groups in total. The van der Waals surface area contributed by atoms with Crippen molar-refractivity contribution in [3.05, 3.63) is 48.6 Å². The molecule has 7 nitrogen and oxygen atoms in total. The zero-order valence-corrected chi connectivity index (χ0v) is 16.0. The fourth-order valence-electron chi connectivity index (χ4n) is 2.02. The summed E-state index contributed by atoms with van der Waals surface area (Å²) in [6, 6.07) is 8.11. The summed E-state index contributed by atoms with van der Waals surface area (Å²) in [7, 11) is 0. The molecule has 1 rings (SSSR count). The highest BCUT2D eigenvalue weighted by molar-refractivity contribution is 5.82. The number of nitrogens with one attached hydrogen (secondary N) is 1. The number of alkyl carbamates (subject to hydrolysis) is 1. The predicted molar refractivity (Wildman–Crippen MR) is 99.8 cm³/mol. The van der Waals surface area contributed by atoms with E-state index in [4.69, 9.17) is 14.2 Å². The Labute approximate surface area is 159 Å². The SMILES string of the molecule is C=CCOC(=O)CC[C@@H](NC(=O)OCc1ccccc1)C(=O)OC(C)(C)C. The number of hydrogen-bond donors (Lipinski definition) is 1. The topological polar surface area (TPSA) is 90.9 Å². The molecule has 1 amide bonds. The second kappa shape index (κ2) is 11.0. The number of carbonyl (C=O) groups is 3. The van der Waals surface area contributed by atoms with Crippen LogP contribution in [0.1, 0.15) is 39.2 Å². The summed E-state index contributed by atoms with van der Waals surface area (Å²) >= 11 is 0. The van der Waals surface area contributed by atoms with Gasteiger partial charge in [0, 0.05) is 6.42 Å². The maximum Gasteiger partial charge on any atom is 0.408 e. The lowest BCUT2D eigenvalue weighted by atomic mass is 10.1. The van der Waals surface area contributed by atoms with Crippen molar-refractivity contribution in [2.75, 3.05) is 6.61 Å². The van der Waals surface area contributed by atoms with Crippen molar-refractivity contribution >= 4 is 18.0 Å². The van der Waals surface area contributed by atoms with Crippen LogP contribution in [-0.2, 0) is 30.4 Å². The molecule has 0 aromatic heterocycles. The Kier molecular flexibility index (Phi) is 9.05. The van der Waals surface area contributed by atoms with Crippen molar-refractivity contribution in [1.29, 1.82) is 0 Å². The maximum atomic E-state index is 12.3. The Bertz CT molecular complexity index is 636. The second-order valence-corrected chi connectivity index (χ2v) is 6.80. The molecule has 1 aromatic carbocycles. The molecule has 0 bridgehead atoms. The monoisotopic (exact) mass is 377 g/mol. The van der Waals surface area contributed by atoms with Gasteiger partial charge in [0.15, 0.2) is 0 Å². The number of esters is 2. The fraction of sp³-hybridized carbons (Fsp3) is 0.450. The predicted octanol–water partition coefficient (Wildman–Crippen LogP) is 3.13. The van der Waals surface area contributed by atoms with Gasteiger partial charge in [0.05, 0.1) is 0 Å². The molecule has 0 saturated heterocycles. The second-order valence-electron chi connectivity index (χ2n) is 6.80. The molecule has 1 aromatic rings. The molecule has 148 valence electrons. The number of ether oxygens (including phenoxy) is 3. The quantitative estimate of drug-likeness (QED) is 0.404. The first kappa shape index (κ1) is 22.2. The molecule has 0 aliphatic rings. The average Bonchev–Trinajstić information content (AvgIpc) is 2.61. The highest BCUT2D eigenvalue weighted by atomic mass is 16.6. The summed E-state index contributed by atoms with van der Waals surface area (Å²) in [4.78, 5) is 36.0. The van der Waals surface area contributed by atoms with Crippen molar-refractivity contribution in [2.45, 2.75) is 51.9 Å². The van der Waals surface area contributed by atoms with Crippen LogP contribution in [0.2, 0.25) is 0 Å². The van der Waals surface area contributed by atoms with E-state index in [-0.39, 0.29) is 26.1 Å². The van der Waals surface area contributed by atoms with Gasteiger partial charge in [-0.05, 0) is 32.8 Å². The van der Waals surface area contributed by atoms with Crippen LogP contribution in [0.15, 0.2) is 43.0 Å². The van der Waals surface area contributed by atoms with E-state index in [1.807, 2.05) is 30.3 Å². The summed E-state index contributed by atoms with van der Waals surface area (Å²) in [5, 5.41) is 2.46. The van der Waals surface area contributed by atoms with Gasteiger partial charge in [-0.1, -0.05) is 43.0 Å². The molecule has 0 radical (unpaired) electrons. The van der Waals surface area contributed by atoms with Gasteiger partial charge in [0.25, 0.3) is 0 Å². The van der Waals surface area contributed by atoms with Crippen LogP contribution < -0.4 is 5.32 Å². The van der Waals surface area contributed by atoms with E-state index < -0.39 is 29.7 Å². The van der Waals surface area contributed by atoms with Crippen LogP contribution in [-0.4, -0.2) is 36.3 Å². The Morgan fingerprint density at radius 2 is 1.81 bits per heavy atom. The lowest BCUT2D eigenvalue weighted by Gasteiger charge is -2.24. The molecule has 7 heteroatoms. The first-order valence-corrected chi connectivity index (χ1v) is 8.68. The summed E-state index contributed by atoms with van der Waals surface area (Å²) in [5.41, 5.74) is 0.0865. The smallest absolute Gasteiger partial charge is 0.408 e. The number of rotatable bonds is 9. The molecule has 0 aliphatic carbocycles. The van der Waals surface area contributed by atoms with Crippen LogP contribution in [0.5, 0.6) is 0 Å². The summed E-state index contributed by atoms with van der Waals surface area (Å²) in [6.07, 6.45) is 0.652. The standard InChI is InChI=1S/C20H27NO6/c1-5-13-25-17(22)12-11-16(18(23)27-20(2,3)4)21-19(24)26-14-15-9-7-6-8-10-15/h5-10,16H,1,11-14H2,2-4H3,(H,21,24)/t16-/m1/s1. The Balaban J connectivity index is 2.62. The van der Waals surface area contributed by atoms with Crippen LogP contribution in [0.25, 0.3) is 0 Å². The third-order valence-corrected chi connectivity index (χ3v) is 3.20. The van der Waals surface area contributed by atoms with E-state index >= 15 is 0 Å². The van der Waals surface area contributed by atoms with E-state index in [1.165, 1.54) is 6.08 Å². The Morgan fingerprint density at radius 3 is 2.41 bits per heavy atom. The molecular weight excluding hydrogens is 350 g/mol. The van der Waals surface area contributed by atoms with Gasteiger partial charge in [-0.15, -0.1) is 0 Å². The van der Waals surface area contributed by atoms with Crippen molar-refractivity contribution in [3.63, 3.8) is 0 Å². The third kappa shape index (κ3) is 10.0. The molecule has 0 fully saturated rings. The number of amides is 1. The van der Waals surface area contributed by atoms with Gasteiger partial charge >= 0.3 is 18.0 Å². The first-order valence-electron chi connectivity index (χ1n) is 8.68. The van der Waals surface area contributed by atoms with E-state index in [9.17, 15) is 14.4 Å². The normalized spacial score (nSPS) is 11.8. The molecule has 0 unspecified atom stereocenters. The fourth-order valence-corrected chi connectivity index (χ4v) is 2.02. The third-order valence-electron chi connectivity index (χ3n) is 3.20. The highest BCUT2D eigenvalue weighted by Crippen LogP contribution is 2.12. The molecule has 1 atom stereocenters. The largest absolute Gasteiger partial charge is 0.461 e. The van der Waals surface area contributed by atoms with E-state index in [2.05, 4.69) is 11.9 Å². The van der Waals surface area contributed by atoms with Crippen LogP contribution in [0.4, 0.5) is 4.79 Å². The number of carbonyl (C=O) groups excluding carboxylic acids is 3. The number of benzene rings is 1. The Hall–Kier alpha value is -2.83. The number of hydrogen-bond acceptors (Lipinski definition) is 6. The molecular formula is C20H27NO6. The lowest BCUT2D eigenvalue weighted by Crippen LogP contribution is -2.44. The summed E-state index contributed by atoms with van der Waals surface area (Å²) in [6.45, 7) is 8.76. The molecule has 0 spiro atoms. The minimum atomic E-state index is -1.02. The zero-order valence-electron chi connectivity index (χ0n) is 16.0. The van der Waals surface area contributed by atoms with Gasteiger partial charge < -0.3 is 19.5 Å². The molecule has 27 heavy (non-hydrogen) atoms. The molecule has 0 aliphatic heterocycles. The highest BCUT2D eigenvalue weighted by Gasteiger charge is 2.28. The minimum Gasteiger partial charge on any atom is -0.461 e. The van der Waals surface area contributed by atoms with Crippen molar-refractivity contribution in [1.82, 2.24) is 5.32 Å². The van der Waals surface area contributed by atoms with Gasteiger partial charge in [0.2, 0.25) is 0 Å². The van der Waals surface area contributed by atoms with Crippen molar-refractivity contribution in [2.24, 2.45) is 0 Å². The van der Waals surface area contributed by atoms with Crippen molar-refractivity contribution in [3.8, 4) is 0 Å².